The van der Waals surface area contributed by atoms with Gasteiger partial charge in [-0.2, -0.15) is 0 Å². The van der Waals surface area contributed by atoms with E-state index in [4.69, 9.17) is 0 Å². The summed E-state index contributed by atoms with van der Waals surface area (Å²) in [6.45, 7) is 2.17. The van der Waals surface area contributed by atoms with Crippen molar-refractivity contribution in [2.75, 3.05) is 6.61 Å². The zero-order chi connectivity index (χ0) is 23.0. The topological polar surface area (TPSA) is 147 Å². The van der Waals surface area contributed by atoms with Crippen molar-refractivity contribution in [3.8, 4) is 0 Å². The van der Waals surface area contributed by atoms with Crippen molar-refractivity contribution in [3.05, 3.63) is 23.8 Å². The van der Waals surface area contributed by atoms with E-state index in [0.717, 1.165) is 0 Å². The molecule has 3 saturated carbocycles. The summed E-state index contributed by atoms with van der Waals surface area (Å²) in [6.07, 6.45) is 3.52. The summed E-state index contributed by atoms with van der Waals surface area (Å²) in [5.41, 5.74) is -5.93. The number of alkyl halides is 1. The number of allylic oxidation sites excluding steroid dienone is 4. The molecule has 0 saturated heterocycles. The SMILES string of the molecule is CC12C=CC(=O)C=C1CCC1C3CCC(O)(C(=O)COP(=O)([O-])[O-])C3(C)CC(O)C12F.[Na+].[Na+]. The smallest absolute Gasteiger partial charge is 0.790 e. The first kappa shape index (κ1) is 30.0. The number of ketones is 2. The second-order valence-corrected chi connectivity index (χ2v) is 11.0. The molecule has 0 bridgehead atoms. The summed E-state index contributed by atoms with van der Waals surface area (Å²) < 4.78 is 31.7. The number of aliphatic hydroxyl groups is 2. The molecule has 12 heteroatoms. The number of carbonyl (C=O) groups is 2. The van der Waals surface area contributed by atoms with E-state index in [-0.39, 0.29) is 77.7 Å². The van der Waals surface area contributed by atoms with E-state index in [1.165, 1.54) is 18.2 Å². The minimum Gasteiger partial charge on any atom is -0.790 e. The number of hydrogen-bond donors (Lipinski definition) is 2. The van der Waals surface area contributed by atoms with Gasteiger partial charge in [0.15, 0.2) is 17.2 Å². The van der Waals surface area contributed by atoms with Crippen molar-refractivity contribution < 1.29 is 102 Å². The number of halogens is 1. The van der Waals surface area contributed by atoms with Crippen LogP contribution in [0.2, 0.25) is 0 Å². The largest absolute Gasteiger partial charge is 1.00 e. The van der Waals surface area contributed by atoms with Gasteiger partial charge >= 0.3 is 59.1 Å². The predicted molar refractivity (Wildman–Crippen MR) is 102 cm³/mol. The first-order chi connectivity index (χ1) is 14.2. The van der Waals surface area contributed by atoms with E-state index >= 15 is 4.39 Å². The molecule has 8 nitrogen and oxygen atoms in total. The van der Waals surface area contributed by atoms with Crippen molar-refractivity contribution in [2.45, 2.75) is 63.3 Å². The van der Waals surface area contributed by atoms with Crippen molar-refractivity contribution in [1.82, 2.24) is 0 Å². The standard InChI is InChI=1S/C21H28FO8P.2Na/c1-18-7-5-13(23)9-12(18)3-4-15-14-6-8-20(26,17(25)11-30-31(27,28)29)19(14,2)10-16(24)21(15,18)22;;/h5,7,9,14-16,24,26H,3-4,6,8,10-11H2,1-2H3,(H2,27,28,29);;/q;2*+1/p-2. The van der Waals surface area contributed by atoms with Crippen LogP contribution in [0.15, 0.2) is 23.8 Å². The van der Waals surface area contributed by atoms with Gasteiger partial charge in [-0.3, -0.25) is 9.59 Å². The molecule has 0 aromatic carbocycles. The molecule has 7 unspecified atom stereocenters. The Hall–Kier alpha value is 0.780. The van der Waals surface area contributed by atoms with Crippen LogP contribution in [0.25, 0.3) is 0 Å². The number of Topliss-reactive ketones (excluding diaryl/α,β-unsaturated/α-hetero) is 1. The Kier molecular flexibility index (Phi) is 8.71. The van der Waals surface area contributed by atoms with Gasteiger partial charge in [0.25, 0.3) is 0 Å². The van der Waals surface area contributed by atoms with E-state index in [9.17, 15) is 34.2 Å². The molecule has 0 amide bonds. The third-order valence-electron chi connectivity index (χ3n) is 8.61. The molecule has 0 aromatic rings. The fourth-order valence-electron chi connectivity index (χ4n) is 6.93. The van der Waals surface area contributed by atoms with Crippen molar-refractivity contribution in [1.29, 1.82) is 0 Å². The number of hydrogen-bond acceptors (Lipinski definition) is 8. The molecule has 2 N–H and O–H groups in total. The molecule has 33 heavy (non-hydrogen) atoms. The van der Waals surface area contributed by atoms with Gasteiger partial charge in [0.2, 0.25) is 0 Å². The van der Waals surface area contributed by atoms with E-state index in [0.29, 0.717) is 24.8 Å². The van der Waals surface area contributed by atoms with Crippen LogP contribution in [0.4, 0.5) is 4.39 Å². The minimum absolute atomic E-state index is 0. The Morgan fingerprint density at radius 2 is 1.91 bits per heavy atom. The Bertz CT molecular complexity index is 953. The van der Waals surface area contributed by atoms with Crippen molar-refractivity contribution >= 4 is 19.4 Å². The molecule has 4 aliphatic carbocycles. The normalized spacial score (nSPS) is 43.9. The number of fused-ring (bicyclic) bond motifs is 5. The van der Waals surface area contributed by atoms with Gasteiger partial charge < -0.3 is 29.1 Å². The van der Waals surface area contributed by atoms with E-state index in [1.54, 1.807) is 13.8 Å². The maximum Gasteiger partial charge on any atom is 1.00 e. The van der Waals surface area contributed by atoms with Gasteiger partial charge in [-0.05, 0) is 57.1 Å². The summed E-state index contributed by atoms with van der Waals surface area (Å²) in [5.74, 6) is -2.34. The number of phosphoric acid groups is 1. The molecule has 7 atom stereocenters. The molecule has 0 radical (unpaired) electrons. The average Bonchev–Trinajstić information content (AvgIpc) is 2.93. The Morgan fingerprint density at radius 1 is 1.27 bits per heavy atom. The van der Waals surface area contributed by atoms with Crippen LogP contribution < -0.4 is 68.9 Å². The van der Waals surface area contributed by atoms with Gasteiger partial charge in [0.05, 0.1) is 13.9 Å². The second kappa shape index (κ2) is 9.58. The van der Waals surface area contributed by atoms with Crippen LogP contribution in [0.5, 0.6) is 0 Å². The Labute approximate surface area is 236 Å². The number of aliphatic hydroxyl groups excluding tert-OH is 1. The quantitative estimate of drug-likeness (QED) is 0.286. The third kappa shape index (κ3) is 4.32. The Balaban J connectivity index is 0.00000193. The molecule has 4 aliphatic rings. The number of rotatable bonds is 4. The molecule has 172 valence electrons. The van der Waals surface area contributed by atoms with Gasteiger partial charge in [0, 0.05) is 16.7 Å². The van der Waals surface area contributed by atoms with E-state index in [2.05, 4.69) is 4.52 Å². The van der Waals surface area contributed by atoms with Gasteiger partial charge in [-0.25, -0.2) is 4.39 Å². The molecular weight excluding hydrogens is 476 g/mol. The molecule has 0 spiro atoms. The molecule has 3 fully saturated rings. The molecular formula is C21H26FNa2O8P. The molecule has 0 aromatic heterocycles. The maximum atomic E-state index is 16.9. The van der Waals surface area contributed by atoms with Crippen LogP contribution in [-0.2, 0) is 18.7 Å². The fourth-order valence-corrected chi connectivity index (χ4v) is 7.21. The van der Waals surface area contributed by atoms with Crippen LogP contribution >= 0.6 is 7.82 Å². The minimum atomic E-state index is -5.41. The second-order valence-electron chi connectivity index (χ2n) is 9.81. The number of carbonyl (C=O) groups excluding carboxylic acids is 2. The monoisotopic (exact) mass is 502 g/mol. The number of phosphoric ester groups is 1. The summed E-state index contributed by atoms with van der Waals surface area (Å²) in [4.78, 5) is 46.1. The van der Waals surface area contributed by atoms with Crippen LogP contribution in [-0.4, -0.2) is 45.8 Å². The van der Waals surface area contributed by atoms with Gasteiger partial charge in [-0.1, -0.05) is 18.6 Å². The third-order valence-corrected chi connectivity index (χ3v) is 9.05. The molecule has 4 rings (SSSR count). The maximum absolute atomic E-state index is 16.9. The molecule has 0 heterocycles. The van der Waals surface area contributed by atoms with Crippen molar-refractivity contribution in [3.63, 3.8) is 0 Å². The van der Waals surface area contributed by atoms with Crippen LogP contribution in [0.1, 0.15) is 46.0 Å². The van der Waals surface area contributed by atoms with E-state index in [1.807, 2.05) is 0 Å². The van der Waals surface area contributed by atoms with Gasteiger partial charge in [0.1, 0.15) is 12.2 Å². The molecule has 0 aliphatic heterocycles. The van der Waals surface area contributed by atoms with Crippen molar-refractivity contribution in [2.24, 2.45) is 22.7 Å². The Morgan fingerprint density at radius 3 is 2.52 bits per heavy atom. The van der Waals surface area contributed by atoms with Crippen LogP contribution in [0, 0.1) is 22.7 Å². The average molecular weight is 502 g/mol. The summed E-state index contributed by atoms with van der Waals surface area (Å²) in [5, 5.41) is 22.4. The fraction of sp³-hybridized carbons (Fsp3) is 0.714. The predicted octanol–water partition coefficient (Wildman–Crippen LogP) is -5.49. The first-order valence-corrected chi connectivity index (χ1v) is 11.9. The zero-order valence-electron chi connectivity index (χ0n) is 19.4. The van der Waals surface area contributed by atoms with Crippen LogP contribution in [0.3, 0.4) is 0 Å². The first-order valence-electron chi connectivity index (χ1n) is 10.4. The zero-order valence-corrected chi connectivity index (χ0v) is 24.3. The summed E-state index contributed by atoms with van der Waals surface area (Å²) in [6, 6.07) is 0. The summed E-state index contributed by atoms with van der Waals surface area (Å²) >= 11 is 0. The van der Waals surface area contributed by atoms with E-state index < -0.39 is 60.3 Å². The van der Waals surface area contributed by atoms with Gasteiger partial charge in [-0.15, -0.1) is 0 Å². The summed E-state index contributed by atoms with van der Waals surface area (Å²) in [7, 11) is -5.41.